The van der Waals surface area contributed by atoms with E-state index in [0.29, 0.717) is 25.3 Å². The first-order valence-corrected chi connectivity index (χ1v) is 7.05. The zero-order chi connectivity index (χ0) is 14.8. The minimum Gasteiger partial charge on any atom is -0.469 e. The Labute approximate surface area is 119 Å². The molecule has 0 amide bonds. The van der Waals surface area contributed by atoms with E-state index in [1.54, 1.807) is 17.0 Å². The molecule has 1 aromatic heterocycles. The summed E-state index contributed by atoms with van der Waals surface area (Å²) in [6, 6.07) is 0. The highest BCUT2D eigenvalue weighted by Crippen LogP contribution is 2.02. The summed E-state index contributed by atoms with van der Waals surface area (Å²) in [5.74, 6) is 0.221. The van der Waals surface area contributed by atoms with Crippen molar-refractivity contribution >= 4 is 11.8 Å². The van der Waals surface area contributed by atoms with E-state index in [9.17, 15) is 9.59 Å². The van der Waals surface area contributed by atoms with Gasteiger partial charge >= 0.3 is 5.97 Å². The lowest BCUT2D eigenvalue weighted by molar-refractivity contribution is -0.140. The second-order valence-corrected chi connectivity index (χ2v) is 4.59. The van der Waals surface area contributed by atoms with Crippen LogP contribution in [0.25, 0.3) is 0 Å². The molecule has 0 aromatic carbocycles. The van der Waals surface area contributed by atoms with Crippen molar-refractivity contribution in [3.63, 3.8) is 0 Å². The van der Waals surface area contributed by atoms with Crippen LogP contribution in [0, 0.1) is 0 Å². The van der Waals surface area contributed by atoms with Crippen LogP contribution < -0.4 is 10.9 Å². The number of esters is 1. The Morgan fingerprint density at radius 2 is 2.20 bits per heavy atom. The van der Waals surface area contributed by atoms with Crippen LogP contribution in [0.15, 0.2) is 17.2 Å². The third-order valence-corrected chi connectivity index (χ3v) is 2.96. The third-order valence-electron chi connectivity index (χ3n) is 2.96. The number of nitrogens with one attached hydrogen (secondary N) is 1. The number of ether oxygens (including phenoxy) is 1. The van der Waals surface area contributed by atoms with Crippen molar-refractivity contribution in [3.8, 4) is 0 Å². The molecule has 0 aliphatic rings. The quantitative estimate of drug-likeness (QED) is 0.552. The van der Waals surface area contributed by atoms with Gasteiger partial charge in [-0.2, -0.15) is 0 Å². The molecule has 0 fully saturated rings. The summed E-state index contributed by atoms with van der Waals surface area (Å²) in [6.45, 7) is 3.41. The highest BCUT2D eigenvalue weighted by molar-refractivity contribution is 5.68. The number of aryl methyl sites for hydroxylation is 1. The minimum absolute atomic E-state index is 0.0797. The zero-order valence-corrected chi connectivity index (χ0v) is 12.2. The van der Waals surface area contributed by atoms with Crippen molar-refractivity contribution < 1.29 is 9.53 Å². The summed E-state index contributed by atoms with van der Waals surface area (Å²) in [5, 5.41) is 3.05. The third kappa shape index (κ3) is 5.42. The van der Waals surface area contributed by atoms with Crippen LogP contribution >= 0.6 is 0 Å². The number of anilines is 1. The first-order valence-electron chi connectivity index (χ1n) is 7.05. The minimum atomic E-state index is -0.176. The smallest absolute Gasteiger partial charge is 0.305 e. The van der Waals surface area contributed by atoms with Gasteiger partial charge in [0.15, 0.2) is 5.82 Å². The lowest BCUT2D eigenvalue weighted by Crippen LogP contribution is -2.24. The van der Waals surface area contributed by atoms with E-state index in [1.165, 1.54) is 7.11 Å². The molecule has 6 heteroatoms. The molecule has 1 aromatic rings. The lowest BCUT2D eigenvalue weighted by Gasteiger charge is -2.08. The summed E-state index contributed by atoms with van der Waals surface area (Å²) in [6.07, 6.45) is 7.31. The van der Waals surface area contributed by atoms with Crippen LogP contribution in [0.4, 0.5) is 5.82 Å². The van der Waals surface area contributed by atoms with Crippen molar-refractivity contribution in [1.82, 2.24) is 9.55 Å². The van der Waals surface area contributed by atoms with Gasteiger partial charge in [-0.3, -0.25) is 9.59 Å². The van der Waals surface area contributed by atoms with Crippen molar-refractivity contribution in [2.24, 2.45) is 0 Å². The SMILES string of the molecule is CCCn1ccnc(NCCCCCC(=O)OC)c1=O. The van der Waals surface area contributed by atoms with Crippen LogP contribution in [0.5, 0.6) is 0 Å². The topological polar surface area (TPSA) is 73.2 Å². The van der Waals surface area contributed by atoms with Crippen LogP contribution in [-0.2, 0) is 16.1 Å². The van der Waals surface area contributed by atoms with Crippen LogP contribution in [0.1, 0.15) is 39.0 Å². The van der Waals surface area contributed by atoms with Crippen molar-refractivity contribution in [2.45, 2.75) is 45.6 Å². The first-order chi connectivity index (χ1) is 9.69. The number of aromatic nitrogens is 2. The van der Waals surface area contributed by atoms with Crippen LogP contribution in [0.3, 0.4) is 0 Å². The fraction of sp³-hybridized carbons (Fsp3) is 0.643. The Bertz CT molecular complexity index is 471. The van der Waals surface area contributed by atoms with Gasteiger partial charge in [0.05, 0.1) is 7.11 Å². The molecule has 0 atom stereocenters. The van der Waals surface area contributed by atoms with Gasteiger partial charge < -0.3 is 14.6 Å². The molecular formula is C14H23N3O3. The van der Waals surface area contributed by atoms with E-state index in [4.69, 9.17) is 0 Å². The van der Waals surface area contributed by atoms with Gasteiger partial charge in [0.2, 0.25) is 0 Å². The average Bonchev–Trinajstić information content (AvgIpc) is 2.46. The van der Waals surface area contributed by atoms with Gasteiger partial charge in [0.25, 0.3) is 5.56 Å². The number of nitrogens with zero attached hydrogens (tertiary/aromatic N) is 2. The van der Waals surface area contributed by atoms with Crippen LogP contribution in [-0.4, -0.2) is 29.2 Å². The summed E-state index contributed by atoms with van der Waals surface area (Å²) in [7, 11) is 1.40. The molecule has 1 N–H and O–H groups in total. The van der Waals surface area contributed by atoms with E-state index in [2.05, 4.69) is 15.0 Å². The number of hydrogen-bond acceptors (Lipinski definition) is 5. The molecule has 20 heavy (non-hydrogen) atoms. The summed E-state index contributed by atoms with van der Waals surface area (Å²) in [4.78, 5) is 27.0. The number of hydrogen-bond donors (Lipinski definition) is 1. The van der Waals surface area contributed by atoms with E-state index in [1.807, 2.05) is 6.92 Å². The van der Waals surface area contributed by atoms with Gasteiger partial charge in [-0.25, -0.2) is 4.98 Å². The van der Waals surface area contributed by atoms with Crippen molar-refractivity contribution in [3.05, 3.63) is 22.7 Å². The molecule has 0 aliphatic carbocycles. The fourth-order valence-electron chi connectivity index (χ4n) is 1.87. The average molecular weight is 281 g/mol. The van der Waals surface area contributed by atoms with Gasteiger partial charge in [-0.15, -0.1) is 0 Å². The van der Waals surface area contributed by atoms with E-state index in [0.717, 1.165) is 25.7 Å². The molecule has 0 saturated heterocycles. The van der Waals surface area contributed by atoms with Gasteiger partial charge in [0.1, 0.15) is 0 Å². The number of carbonyl (C=O) groups is 1. The number of methoxy groups -OCH3 is 1. The number of carbonyl (C=O) groups excluding carboxylic acids is 1. The predicted molar refractivity (Wildman–Crippen MR) is 77.8 cm³/mol. The largest absolute Gasteiger partial charge is 0.469 e. The first kappa shape index (κ1) is 16.2. The van der Waals surface area contributed by atoms with Gasteiger partial charge in [-0.05, 0) is 19.3 Å². The molecule has 0 spiro atoms. The Morgan fingerprint density at radius 1 is 1.40 bits per heavy atom. The Morgan fingerprint density at radius 3 is 2.90 bits per heavy atom. The second kappa shape index (κ2) is 9.12. The molecule has 0 aliphatic heterocycles. The zero-order valence-electron chi connectivity index (χ0n) is 12.2. The molecule has 0 saturated carbocycles. The molecule has 0 bridgehead atoms. The number of rotatable bonds is 9. The number of unbranched alkanes of at least 4 members (excludes halogenated alkanes) is 2. The van der Waals surface area contributed by atoms with Crippen molar-refractivity contribution in [1.29, 1.82) is 0 Å². The Balaban J connectivity index is 2.30. The fourth-order valence-corrected chi connectivity index (χ4v) is 1.87. The molecule has 1 rings (SSSR count). The highest BCUT2D eigenvalue weighted by Gasteiger charge is 2.03. The van der Waals surface area contributed by atoms with Crippen molar-refractivity contribution in [2.75, 3.05) is 19.0 Å². The maximum absolute atomic E-state index is 12.0. The molecule has 0 unspecified atom stereocenters. The Hall–Kier alpha value is -1.85. The predicted octanol–water partition coefficient (Wildman–Crippen LogP) is 1.80. The monoisotopic (exact) mass is 281 g/mol. The summed E-state index contributed by atoms with van der Waals surface area (Å²) < 4.78 is 6.23. The standard InChI is InChI=1S/C14H23N3O3/c1-3-10-17-11-9-16-13(14(17)19)15-8-6-4-5-7-12(18)20-2/h9,11H,3-8,10H2,1-2H3,(H,15,16). The normalized spacial score (nSPS) is 10.3. The van der Waals surface area contributed by atoms with E-state index < -0.39 is 0 Å². The molecule has 0 radical (unpaired) electrons. The maximum Gasteiger partial charge on any atom is 0.305 e. The maximum atomic E-state index is 12.0. The van der Waals surface area contributed by atoms with Gasteiger partial charge in [0, 0.05) is 31.9 Å². The Kier molecular flexibility index (Phi) is 7.39. The summed E-state index contributed by atoms with van der Waals surface area (Å²) in [5.41, 5.74) is -0.0797. The second-order valence-electron chi connectivity index (χ2n) is 4.59. The molecule has 6 nitrogen and oxygen atoms in total. The van der Waals surface area contributed by atoms with Gasteiger partial charge in [-0.1, -0.05) is 13.3 Å². The summed E-state index contributed by atoms with van der Waals surface area (Å²) >= 11 is 0. The lowest BCUT2D eigenvalue weighted by atomic mass is 10.2. The van der Waals surface area contributed by atoms with E-state index in [-0.39, 0.29) is 11.5 Å². The molecular weight excluding hydrogens is 258 g/mol. The van der Waals surface area contributed by atoms with E-state index >= 15 is 0 Å². The molecule has 1 heterocycles. The van der Waals surface area contributed by atoms with Crippen LogP contribution in [0.2, 0.25) is 0 Å². The highest BCUT2D eigenvalue weighted by atomic mass is 16.5. The molecule has 112 valence electrons.